The lowest BCUT2D eigenvalue weighted by atomic mass is 10.0. The molecule has 0 aliphatic rings. The third kappa shape index (κ3) is 6.43. The molecule has 5 heteroatoms. The minimum Gasteiger partial charge on any atom is -0.357 e. The Morgan fingerprint density at radius 2 is 1.58 bits per heavy atom. The van der Waals surface area contributed by atoms with Crippen molar-refractivity contribution >= 4 is 23.4 Å². The van der Waals surface area contributed by atoms with E-state index in [9.17, 15) is 9.59 Å². The van der Waals surface area contributed by atoms with E-state index in [2.05, 4.69) is 5.32 Å². The van der Waals surface area contributed by atoms with Gasteiger partial charge in [-0.15, -0.1) is 0 Å². The summed E-state index contributed by atoms with van der Waals surface area (Å²) >= 11 is 5.99. The molecule has 1 atom stereocenters. The second-order valence-corrected chi connectivity index (χ2v) is 8.07. The van der Waals surface area contributed by atoms with Crippen molar-refractivity contribution in [3.05, 3.63) is 106 Å². The summed E-state index contributed by atoms with van der Waals surface area (Å²) in [5.74, 6) is -0.283. The van der Waals surface area contributed by atoms with Gasteiger partial charge in [0.25, 0.3) is 0 Å². The van der Waals surface area contributed by atoms with Crippen molar-refractivity contribution in [1.82, 2.24) is 10.2 Å². The van der Waals surface area contributed by atoms with Crippen molar-refractivity contribution in [2.24, 2.45) is 0 Å². The molecule has 3 aromatic carbocycles. The molecule has 0 aromatic heterocycles. The Kier molecular flexibility index (Phi) is 7.85. The molecule has 0 radical (unpaired) electrons. The molecule has 0 saturated heterocycles. The van der Waals surface area contributed by atoms with Gasteiger partial charge in [0.05, 0.1) is 6.42 Å². The lowest BCUT2D eigenvalue weighted by molar-refractivity contribution is -0.140. The van der Waals surface area contributed by atoms with Gasteiger partial charge in [-0.3, -0.25) is 9.59 Å². The van der Waals surface area contributed by atoms with Crippen LogP contribution in [0.15, 0.2) is 78.9 Å². The first-order valence-corrected chi connectivity index (χ1v) is 10.7. The van der Waals surface area contributed by atoms with Gasteiger partial charge in [0.15, 0.2) is 0 Å². The fourth-order valence-corrected chi connectivity index (χ4v) is 3.73. The molecule has 0 aliphatic carbocycles. The van der Waals surface area contributed by atoms with Gasteiger partial charge in [0.2, 0.25) is 11.8 Å². The molecule has 3 aromatic rings. The predicted molar refractivity (Wildman–Crippen MR) is 125 cm³/mol. The van der Waals surface area contributed by atoms with E-state index in [1.54, 1.807) is 24.1 Å². The number of benzene rings is 3. The van der Waals surface area contributed by atoms with Crippen molar-refractivity contribution in [2.45, 2.75) is 32.4 Å². The van der Waals surface area contributed by atoms with Gasteiger partial charge in [0.1, 0.15) is 6.04 Å². The number of hydrogen-bond donors (Lipinski definition) is 1. The van der Waals surface area contributed by atoms with Crippen molar-refractivity contribution in [1.29, 1.82) is 0 Å². The molecule has 31 heavy (non-hydrogen) atoms. The maximum Gasteiger partial charge on any atom is 0.242 e. The molecule has 3 rings (SSSR count). The molecule has 0 heterocycles. The van der Waals surface area contributed by atoms with Gasteiger partial charge >= 0.3 is 0 Å². The SMILES string of the molecule is CNC(=O)[C@@H](Cc1ccccc1)N(Cc1cccc(C)c1)C(=O)Cc1ccc(Cl)cc1. The van der Waals surface area contributed by atoms with E-state index in [1.165, 1.54) is 0 Å². The monoisotopic (exact) mass is 434 g/mol. The normalized spacial score (nSPS) is 11.6. The van der Waals surface area contributed by atoms with E-state index in [-0.39, 0.29) is 18.2 Å². The van der Waals surface area contributed by atoms with Crippen LogP contribution in [-0.4, -0.2) is 29.8 Å². The highest BCUT2D eigenvalue weighted by Gasteiger charge is 2.29. The third-order valence-corrected chi connectivity index (χ3v) is 5.47. The molecule has 0 spiro atoms. The number of likely N-dealkylation sites (N-methyl/N-ethyl adjacent to an activating group) is 1. The number of nitrogens with one attached hydrogen (secondary N) is 1. The maximum absolute atomic E-state index is 13.5. The fraction of sp³-hybridized carbons (Fsp3) is 0.231. The number of amides is 2. The molecule has 4 nitrogen and oxygen atoms in total. The van der Waals surface area contributed by atoms with E-state index >= 15 is 0 Å². The number of carbonyl (C=O) groups is 2. The quantitative estimate of drug-likeness (QED) is 0.564. The molecule has 0 unspecified atom stereocenters. The van der Waals surface area contributed by atoms with Crippen LogP contribution in [0.5, 0.6) is 0 Å². The maximum atomic E-state index is 13.5. The zero-order chi connectivity index (χ0) is 22.2. The molecule has 0 saturated carbocycles. The summed E-state index contributed by atoms with van der Waals surface area (Å²) in [5, 5.41) is 3.36. The molecule has 160 valence electrons. The van der Waals surface area contributed by atoms with Crippen LogP contribution in [0.25, 0.3) is 0 Å². The summed E-state index contributed by atoms with van der Waals surface area (Å²) in [7, 11) is 1.61. The van der Waals surface area contributed by atoms with Crippen LogP contribution >= 0.6 is 11.6 Å². The molecule has 2 amide bonds. The summed E-state index contributed by atoms with van der Waals surface area (Å²) in [6.07, 6.45) is 0.643. The highest BCUT2D eigenvalue weighted by atomic mass is 35.5. The van der Waals surface area contributed by atoms with Crippen molar-refractivity contribution in [3.63, 3.8) is 0 Å². The van der Waals surface area contributed by atoms with Gasteiger partial charge < -0.3 is 10.2 Å². The van der Waals surface area contributed by atoms with Crippen LogP contribution in [0.4, 0.5) is 0 Å². The minimum atomic E-state index is -0.618. The first kappa shape index (κ1) is 22.6. The topological polar surface area (TPSA) is 49.4 Å². The van der Waals surface area contributed by atoms with Crippen LogP contribution in [0, 0.1) is 6.92 Å². The van der Waals surface area contributed by atoms with Crippen LogP contribution < -0.4 is 5.32 Å². The highest BCUT2D eigenvalue weighted by Crippen LogP contribution is 2.18. The molecule has 1 N–H and O–H groups in total. The summed E-state index contributed by atoms with van der Waals surface area (Å²) in [6, 6.07) is 24.4. The average Bonchev–Trinajstić information content (AvgIpc) is 2.78. The van der Waals surface area contributed by atoms with Crippen LogP contribution in [-0.2, 0) is 29.0 Å². The Balaban J connectivity index is 1.93. The minimum absolute atomic E-state index is 0.103. The number of halogens is 1. The number of hydrogen-bond acceptors (Lipinski definition) is 2. The number of aryl methyl sites for hydroxylation is 1. The first-order valence-electron chi connectivity index (χ1n) is 10.3. The Bertz CT molecular complexity index is 1020. The van der Waals surface area contributed by atoms with Crippen LogP contribution in [0.1, 0.15) is 22.3 Å². The molecule has 0 aliphatic heterocycles. The van der Waals surface area contributed by atoms with Crippen LogP contribution in [0.3, 0.4) is 0 Å². The number of carbonyl (C=O) groups excluding carboxylic acids is 2. The zero-order valence-corrected chi connectivity index (χ0v) is 18.6. The second kappa shape index (κ2) is 10.8. The predicted octanol–water partition coefficient (Wildman–Crippen LogP) is 4.58. The smallest absolute Gasteiger partial charge is 0.242 e. The van der Waals surface area contributed by atoms with E-state index in [1.807, 2.05) is 73.7 Å². The van der Waals surface area contributed by atoms with Gasteiger partial charge in [-0.25, -0.2) is 0 Å². The van der Waals surface area contributed by atoms with Crippen molar-refractivity contribution in [3.8, 4) is 0 Å². The third-order valence-electron chi connectivity index (χ3n) is 5.22. The Labute approximate surface area is 188 Å². The van der Waals surface area contributed by atoms with E-state index in [4.69, 9.17) is 11.6 Å². The zero-order valence-electron chi connectivity index (χ0n) is 17.8. The van der Waals surface area contributed by atoms with Gasteiger partial charge in [-0.2, -0.15) is 0 Å². The van der Waals surface area contributed by atoms with Gasteiger partial charge in [0, 0.05) is 25.0 Å². The van der Waals surface area contributed by atoms with Crippen LogP contribution in [0.2, 0.25) is 5.02 Å². The van der Waals surface area contributed by atoms with Crippen molar-refractivity contribution < 1.29 is 9.59 Å². The van der Waals surface area contributed by atoms with E-state index in [0.717, 1.165) is 22.3 Å². The molecule has 0 bridgehead atoms. The Hall–Kier alpha value is -3.11. The lowest BCUT2D eigenvalue weighted by Gasteiger charge is -2.31. The van der Waals surface area contributed by atoms with Crippen molar-refractivity contribution in [2.75, 3.05) is 7.05 Å². The van der Waals surface area contributed by atoms with Gasteiger partial charge in [-0.05, 0) is 35.7 Å². The molecule has 0 fully saturated rings. The second-order valence-electron chi connectivity index (χ2n) is 7.63. The standard InChI is InChI=1S/C26H27ClN2O2/c1-19-7-6-10-22(15-19)18-29(25(30)17-21-11-13-23(27)14-12-21)24(26(31)28-2)16-20-8-4-3-5-9-20/h3-15,24H,16-18H2,1-2H3,(H,28,31)/t24-/m1/s1. The summed E-state index contributed by atoms with van der Waals surface area (Å²) in [6.45, 7) is 2.38. The Morgan fingerprint density at radius 3 is 2.23 bits per heavy atom. The highest BCUT2D eigenvalue weighted by molar-refractivity contribution is 6.30. The van der Waals surface area contributed by atoms with E-state index in [0.29, 0.717) is 18.0 Å². The number of rotatable bonds is 8. The summed E-state index contributed by atoms with van der Waals surface area (Å²) in [5.41, 5.74) is 3.97. The van der Waals surface area contributed by atoms with E-state index < -0.39 is 6.04 Å². The number of nitrogens with zero attached hydrogens (tertiary/aromatic N) is 1. The lowest BCUT2D eigenvalue weighted by Crippen LogP contribution is -2.50. The molecular weight excluding hydrogens is 408 g/mol. The largest absolute Gasteiger partial charge is 0.357 e. The summed E-state index contributed by atoms with van der Waals surface area (Å²) < 4.78 is 0. The van der Waals surface area contributed by atoms with Gasteiger partial charge in [-0.1, -0.05) is 83.9 Å². The first-order chi connectivity index (χ1) is 15.0. The average molecular weight is 435 g/mol. The summed E-state index contributed by atoms with van der Waals surface area (Å²) in [4.78, 5) is 28.0. The molecular formula is C26H27ClN2O2. The Morgan fingerprint density at radius 1 is 0.903 bits per heavy atom. The fourth-order valence-electron chi connectivity index (χ4n) is 3.61.